The highest BCUT2D eigenvalue weighted by Gasteiger charge is 2.21. The lowest BCUT2D eigenvalue weighted by atomic mass is 9.98. The molecule has 0 radical (unpaired) electrons. The fourth-order valence-electron chi connectivity index (χ4n) is 2.57. The summed E-state index contributed by atoms with van der Waals surface area (Å²) in [5.74, 6) is 0.405. The maximum Gasteiger partial charge on any atom is 0.127 e. The van der Waals surface area contributed by atoms with Crippen LogP contribution in [0.25, 0.3) is 0 Å². The van der Waals surface area contributed by atoms with E-state index in [1.54, 1.807) is 6.07 Å². The van der Waals surface area contributed by atoms with Crippen molar-refractivity contribution >= 4 is 11.6 Å². The van der Waals surface area contributed by atoms with Gasteiger partial charge in [-0.05, 0) is 35.2 Å². The zero-order chi connectivity index (χ0) is 14.7. The van der Waals surface area contributed by atoms with Gasteiger partial charge in [0.15, 0.2) is 0 Å². The van der Waals surface area contributed by atoms with Gasteiger partial charge in [-0.15, -0.1) is 11.6 Å². The van der Waals surface area contributed by atoms with Crippen LogP contribution in [0.15, 0.2) is 42.5 Å². The van der Waals surface area contributed by atoms with Crippen LogP contribution in [0.3, 0.4) is 0 Å². The van der Waals surface area contributed by atoms with Crippen molar-refractivity contribution in [2.75, 3.05) is 13.2 Å². The predicted octanol–water partition coefficient (Wildman–Crippen LogP) is 4.26. The van der Waals surface area contributed by atoms with E-state index in [1.807, 2.05) is 12.1 Å². The second-order valence-electron chi connectivity index (χ2n) is 5.05. The molecule has 21 heavy (non-hydrogen) atoms. The molecule has 1 atom stereocenters. The third-order valence-electron chi connectivity index (χ3n) is 3.58. The highest BCUT2D eigenvalue weighted by molar-refractivity contribution is 6.17. The molecular formula is C17H16ClFO2. The van der Waals surface area contributed by atoms with Crippen molar-refractivity contribution in [1.29, 1.82) is 0 Å². The molecule has 0 fully saturated rings. The van der Waals surface area contributed by atoms with Gasteiger partial charge in [-0.3, -0.25) is 0 Å². The highest BCUT2D eigenvalue weighted by Crippen LogP contribution is 2.28. The van der Waals surface area contributed by atoms with E-state index in [0.717, 1.165) is 12.0 Å². The molecule has 3 rings (SSSR count). The van der Waals surface area contributed by atoms with Crippen molar-refractivity contribution < 1.29 is 13.9 Å². The molecule has 0 N–H and O–H groups in total. The largest absolute Gasteiger partial charge is 0.490 e. The molecule has 110 valence electrons. The molecule has 0 spiro atoms. The summed E-state index contributed by atoms with van der Waals surface area (Å²) in [4.78, 5) is 0. The summed E-state index contributed by atoms with van der Waals surface area (Å²) in [6, 6.07) is 12.7. The van der Waals surface area contributed by atoms with E-state index in [0.29, 0.717) is 24.5 Å². The number of hydrogen-bond donors (Lipinski definition) is 0. The lowest BCUT2D eigenvalue weighted by Gasteiger charge is -2.26. The molecule has 1 aliphatic rings. The fraction of sp³-hybridized carbons (Fsp3) is 0.294. The number of benzene rings is 2. The van der Waals surface area contributed by atoms with Crippen molar-refractivity contribution in [3.05, 3.63) is 65.0 Å². The quantitative estimate of drug-likeness (QED) is 0.786. The minimum absolute atomic E-state index is 0.113. The Morgan fingerprint density at radius 1 is 1.24 bits per heavy atom. The standard InChI is InChI=1S/C17H16ClFO2/c18-10-12-7-14(19)9-15(8-12)21-11-17-16-4-2-1-3-13(16)5-6-20-17/h1-4,7-9,17H,5-6,10-11H2. The van der Waals surface area contributed by atoms with E-state index in [2.05, 4.69) is 12.1 Å². The van der Waals surface area contributed by atoms with E-state index in [9.17, 15) is 4.39 Å². The topological polar surface area (TPSA) is 18.5 Å². The van der Waals surface area contributed by atoms with Crippen LogP contribution >= 0.6 is 11.6 Å². The first-order chi connectivity index (χ1) is 10.3. The molecular weight excluding hydrogens is 291 g/mol. The van der Waals surface area contributed by atoms with E-state index < -0.39 is 0 Å². The average Bonchev–Trinajstić information content (AvgIpc) is 2.52. The van der Waals surface area contributed by atoms with Gasteiger partial charge >= 0.3 is 0 Å². The monoisotopic (exact) mass is 306 g/mol. The second kappa shape index (κ2) is 6.46. The number of ether oxygens (including phenoxy) is 2. The van der Waals surface area contributed by atoms with Crippen LogP contribution in [0.4, 0.5) is 4.39 Å². The second-order valence-corrected chi connectivity index (χ2v) is 5.32. The molecule has 2 aromatic carbocycles. The first-order valence-electron chi connectivity index (χ1n) is 6.94. The SMILES string of the molecule is Fc1cc(CCl)cc(OCC2OCCc3ccccc32)c1. The molecule has 0 aromatic heterocycles. The van der Waals surface area contributed by atoms with Gasteiger partial charge < -0.3 is 9.47 Å². The maximum atomic E-state index is 13.4. The average molecular weight is 307 g/mol. The maximum absolute atomic E-state index is 13.4. The Labute approximate surface area is 128 Å². The predicted molar refractivity (Wildman–Crippen MR) is 80.3 cm³/mol. The smallest absolute Gasteiger partial charge is 0.127 e. The molecule has 0 saturated carbocycles. The Bertz CT molecular complexity index is 630. The summed E-state index contributed by atoms with van der Waals surface area (Å²) in [5.41, 5.74) is 3.15. The number of hydrogen-bond acceptors (Lipinski definition) is 2. The Hall–Kier alpha value is -1.58. The molecule has 2 aromatic rings. The molecule has 4 heteroatoms. The van der Waals surface area contributed by atoms with E-state index >= 15 is 0 Å². The fourth-order valence-corrected chi connectivity index (χ4v) is 2.72. The van der Waals surface area contributed by atoms with Crippen LogP contribution in [0, 0.1) is 5.82 Å². The van der Waals surface area contributed by atoms with Crippen molar-refractivity contribution in [2.45, 2.75) is 18.4 Å². The summed E-state index contributed by atoms with van der Waals surface area (Å²) in [7, 11) is 0. The Balaban J connectivity index is 1.73. The number of rotatable bonds is 4. The first-order valence-corrected chi connectivity index (χ1v) is 7.47. The molecule has 0 aliphatic carbocycles. The van der Waals surface area contributed by atoms with E-state index in [-0.39, 0.29) is 17.8 Å². The van der Waals surface area contributed by atoms with Gasteiger partial charge in [-0.2, -0.15) is 0 Å². The summed E-state index contributed by atoms with van der Waals surface area (Å²) in [6.45, 7) is 1.04. The molecule has 1 heterocycles. The van der Waals surface area contributed by atoms with Crippen LogP contribution in [0.1, 0.15) is 22.8 Å². The van der Waals surface area contributed by atoms with Gasteiger partial charge in [0.2, 0.25) is 0 Å². The van der Waals surface area contributed by atoms with Crippen LogP contribution in [-0.4, -0.2) is 13.2 Å². The normalized spacial score (nSPS) is 17.3. The Kier molecular flexibility index (Phi) is 4.42. The van der Waals surface area contributed by atoms with Gasteiger partial charge in [-0.25, -0.2) is 4.39 Å². The van der Waals surface area contributed by atoms with E-state index in [4.69, 9.17) is 21.1 Å². The molecule has 0 amide bonds. The summed E-state index contributed by atoms with van der Waals surface area (Å²) in [6.07, 6.45) is 0.806. The van der Waals surface area contributed by atoms with Crippen LogP contribution in [-0.2, 0) is 17.0 Å². The zero-order valence-corrected chi connectivity index (χ0v) is 12.3. The summed E-state index contributed by atoms with van der Waals surface area (Å²) in [5, 5.41) is 0. The molecule has 0 bridgehead atoms. The van der Waals surface area contributed by atoms with Gasteiger partial charge in [-0.1, -0.05) is 24.3 Å². The van der Waals surface area contributed by atoms with Crippen molar-refractivity contribution in [3.8, 4) is 5.75 Å². The third kappa shape index (κ3) is 3.36. The lowest BCUT2D eigenvalue weighted by Crippen LogP contribution is -2.21. The first kappa shape index (κ1) is 14.4. The zero-order valence-electron chi connectivity index (χ0n) is 11.5. The number of halogens is 2. The van der Waals surface area contributed by atoms with Crippen molar-refractivity contribution in [2.24, 2.45) is 0 Å². The van der Waals surface area contributed by atoms with Gasteiger partial charge in [0.05, 0.1) is 6.61 Å². The van der Waals surface area contributed by atoms with Gasteiger partial charge in [0.1, 0.15) is 24.3 Å². The van der Waals surface area contributed by atoms with Crippen LogP contribution < -0.4 is 4.74 Å². The highest BCUT2D eigenvalue weighted by atomic mass is 35.5. The Morgan fingerprint density at radius 2 is 2.10 bits per heavy atom. The number of alkyl halides is 1. The molecule has 2 nitrogen and oxygen atoms in total. The summed E-state index contributed by atoms with van der Waals surface area (Å²) < 4.78 is 24.9. The number of fused-ring (bicyclic) bond motifs is 1. The molecule has 0 saturated heterocycles. The van der Waals surface area contributed by atoms with E-state index in [1.165, 1.54) is 17.7 Å². The molecule has 1 aliphatic heterocycles. The Morgan fingerprint density at radius 3 is 2.95 bits per heavy atom. The van der Waals surface area contributed by atoms with Crippen molar-refractivity contribution in [3.63, 3.8) is 0 Å². The third-order valence-corrected chi connectivity index (χ3v) is 3.89. The lowest BCUT2D eigenvalue weighted by molar-refractivity contribution is 0.0101. The minimum atomic E-state index is -0.340. The van der Waals surface area contributed by atoms with Gasteiger partial charge in [0, 0.05) is 11.9 Å². The van der Waals surface area contributed by atoms with Crippen LogP contribution in [0.5, 0.6) is 5.75 Å². The minimum Gasteiger partial charge on any atom is -0.490 e. The molecule has 1 unspecified atom stereocenters. The summed E-state index contributed by atoms with van der Waals surface area (Å²) >= 11 is 5.74. The van der Waals surface area contributed by atoms with Crippen LogP contribution in [0.2, 0.25) is 0 Å². The van der Waals surface area contributed by atoms with Crippen molar-refractivity contribution in [1.82, 2.24) is 0 Å². The van der Waals surface area contributed by atoms with Gasteiger partial charge in [0.25, 0.3) is 0 Å².